The molecule has 1 atom stereocenters. The number of nitrogens with zero attached hydrogens (tertiary/aromatic N) is 1. The maximum atomic E-state index is 12.4. The maximum Gasteiger partial charge on any atom is 0.265 e. The fraction of sp³-hybridized carbons (Fsp3) is 0.235. The minimum absolute atomic E-state index is 0.125. The summed E-state index contributed by atoms with van der Waals surface area (Å²) in [7, 11) is -4.05. The molecule has 0 saturated carbocycles. The summed E-state index contributed by atoms with van der Waals surface area (Å²) in [6, 6.07) is 10.2. The Morgan fingerprint density at radius 1 is 1.04 bits per heavy atom. The summed E-state index contributed by atoms with van der Waals surface area (Å²) in [6.45, 7) is 3.43. The molecule has 1 aromatic heterocycles. The van der Waals surface area contributed by atoms with E-state index in [-0.39, 0.29) is 10.8 Å². The molecular formula is C17H19N3O4S. The third-order valence-corrected chi connectivity index (χ3v) is 4.78. The summed E-state index contributed by atoms with van der Waals surface area (Å²) >= 11 is 0. The number of pyridine rings is 1. The molecule has 0 spiro atoms. The van der Waals surface area contributed by atoms with Gasteiger partial charge in [0.25, 0.3) is 21.8 Å². The van der Waals surface area contributed by atoms with E-state index < -0.39 is 27.9 Å². The molecule has 25 heavy (non-hydrogen) atoms. The van der Waals surface area contributed by atoms with Crippen LogP contribution in [0.3, 0.4) is 0 Å². The van der Waals surface area contributed by atoms with Gasteiger partial charge in [-0.15, -0.1) is 0 Å². The standard InChI is InChI=1S/C17H19N3O4S/c1-12(2)15(19-16(21)13-7-4-3-5-8-13)17(22)20-25(23,24)14-9-6-10-18-11-14/h3-12,15H,1-2H3,(H,19,21)(H,20,22)/t15-/m1/s1. The topological polar surface area (TPSA) is 105 Å². The molecule has 2 rings (SSSR count). The van der Waals surface area contributed by atoms with Gasteiger partial charge in [-0.1, -0.05) is 32.0 Å². The fourth-order valence-electron chi connectivity index (χ4n) is 2.11. The highest BCUT2D eigenvalue weighted by atomic mass is 32.2. The molecule has 1 heterocycles. The van der Waals surface area contributed by atoms with Gasteiger partial charge in [-0.25, -0.2) is 13.1 Å². The molecule has 8 heteroatoms. The van der Waals surface area contributed by atoms with Gasteiger partial charge in [0.1, 0.15) is 10.9 Å². The lowest BCUT2D eigenvalue weighted by Crippen LogP contribution is -2.51. The molecule has 0 fully saturated rings. The van der Waals surface area contributed by atoms with Gasteiger partial charge in [0, 0.05) is 18.0 Å². The first-order valence-electron chi connectivity index (χ1n) is 7.64. The number of carbonyl (C=O) groups is 2. The van der Waals surface area contributed by atoms with Gasteiger partial charge in [0.15, 0.2) is 0 Å². The molecule has 2 N–H and O–H groups in total. The predicted molar refractivity (Wildman–Crippen MR) is 92.1 cm³/mol. The fourth-order valence-corrected chi connectivity index (χ4v) is 3.08. The molecule has 1 aromatic carbocycles. The Bertz CT molecular complexity index is 837. The second-order valence-corrected chi connectivity index (χ2v) is 7.40. The monoisotopic (exact) mass is 361 g/mol. The number of hydrogen-bond donors (Lipinski definition) is 2. The number of benzene rings is 1. The third-order valence-electron chi connectivity index (χ3n) is 3.45. The predicted octanol–water partition coefficient (Wildman–Crippen LogP) is 1.34. The lowest BCUT2D eigenvalue weighted by molar-refractivity contribution is -0.122. The van der Waals surface area contributed by atoms with Crippen LogP contribution in [0.5, 0.6) is 0 Å². The number of aromatic nitrogens is 1. The van der Waals surface area contributed by atoms with Gasteiger partial charge in [-0.3, -0.25) is 14.6 Å². The highest BCUT2D eigenvalue weighted by Crippen LogP contribution is 2.09. The van der Waals surface area contributed by atoms with Crippen LogP contribution < -0.4 is 10.0 Å². The summed E-state index contributed by atoms with van der Waals surface area (Å²) in [5.41, 5.74) is 0.385. The average Bonchev–Trinajstić information content (AvgIpc) is 2.60. The van der Waals surface area contributed by atoms with Crippen LogP contribution in [0.25, 0.3) is 0 Å². The van der Waals surface area contributed by atoms with Crippen LogP contribution in [0.1, 0.15) is 24.2 Å². The SMILES string of the molecule is CC(C)[C@@H](NC(=O)c1ccccc1)C(=O)NS(=O)(=O)c1cccnc1. The molecule has 7 nitrogen and oxygen atoms in total. The van der Waals surface area contributed by atoms with Crippen LogP contribution >= 0.6 is 0 Å². The summed E-state index contributed by atoms with van der Waals surface area (Å²) < 4.78 is 26.5. The largest absolute Gasteiger partial charge is 0.340 e. The van der Waals surface area contributed by atoms with E-state index in [4.69, 9.17) is 0 Å². The molecular weight excluding hydrogens is 342 g/mol. The molecule has 0 aliphatic heterocycles. The Morgan fingerprint density at radius 2 is 1.72 bits per heavy atom. The first kappa shape index (κ1) is 18.6. The van der Waals surface area contributed by atoms with E-state index in [1.165, 1.54) is 18.3 Å². The second kappa shape index (κ2) is 7.89. The van der Waals surface area contributed by atoms with Gasteiger partial charge >= 0.3 is 0 Å². The van der Waals surface area contributed by atoms with Crippen molar-refractivity contribution >= 4 is 21.8 Å². The third kappa shape index (κ3) is 4.87. The number of nitrogens with one attached hydrogen (secondary N) is 2. The number of hydrogen-bond acceptors (Lipinski definition) is 5. The van der Waals surface area contributed by atoms with Crippen molar-refractivity contribution in [3.05, 3.63) is 60.4 Å². The Kier molecular flexibility index (Phi) is 5.87. The van der Waals surface area contributed by atoms with Gasteiger partial charge in [-0.2, -0.15) is 0 Å². The Labute approximate surface area is 146 Å². The average molecular weight is 361 g/mol. The molecule has 0 radical (unpaired) electrons. The van der Waals surface area contributed by atoms with Crippen LogP contribution in [0.15, 0.2) is 59.8 Å². The van der Waals surface area contributed by atoms with E-state index >= 15 is 0 Å². The van der Waals surface area contributed by atoms with Gasteiger partial charge in [0.05, 0.1) is 0 Å². The van der Waals surface area contributed by atoms with E-state index in [1.807, 2.05) is 4.72 Å². The Morgan fingerprint density at radius 3 is 2.28 bits per heavy atom. The summed E-state index contributed by atoms with van der Waals surface area (Å²) in [6.07, 6.45) is 2.57. The minimum Gasteiger partial charge on any atom is -0.340 e. The molecule has 2 amide bonds. The van der Waals surface area contributed by atoms with Crippen molar-refractivity contribution in [2.45, 2.75) is 24.8 Å². The van der Waals surface area contributed by atoms with Crippen molar-refractivity contribution in [2.24, 2.45) is 5.92 Å². The molecule has 0 aliphatic carbocycles. The molecule has 132 valence electrons. The molecule has 2 aromatic rings. The van der Waals surface area contributed by atoms with E-state index in [9.17, 15) is 18.0 Å². The normalized spacial score (nSPS) is 12.4. The van der Waals surface area contributed by atoms with Crippen molar-refractivity contribution in [1.82, 2.24) is 15.0 Å². The molecule has 0 saturated heterocycles. The van der Waals surface area contributed by atoms with E-state index in [2.05, 4.69) is 10.3 Å². The van der Waals surface area contributed by atoms with Crippen molar-refractivity contribution in [1.29, 1.82) is 0 Å². The number of sulfonamides is 1. The minimum atomic E-state index is -4.05. The number of amides is 2. The molecule has 0 aliphatic rings. The van der Waals surface area contributed by atoms with E-state index in [0.717, 1.165) is 6.20 Å². The highest BCUT2D eigenvalue weighted by molar-refractivity contribution is 7.90. The van der Waals surface area contributed by atoms with Crippen LogP contribution in [0, 0.1) is 5.92 Å². The van der Waals surface area contributed by atoms with Crippen LogP contribution in [0.2, 0.25) is 0 Å². The van der Waals surface area contributed by atoms with E-state index in [0.29, 0.717) is 5.56 Å². The van der Waals surface area contributed by atoms with Crippen molar-refractivity contribution < 1.29 is 18.0 Å². The zero-order valence-electron chi connectivity index (χ0n) is 13.8. The lowest BCUT2D eigenvalue weighted by atomic mass is 10.0. The maximum absolute atomic E-state index is 12.4. The number of carbonyl (C=O) groups excluding carboxylic acids is 2. The van der Waals surface area contributed by atoms with Crippen molar-refractivity contribution in [3.63, 3.8) is 0 Å². The Hall–Kier alpha value is -2.74. The van der Waals surface area contributed by atoms with Crippen molar-refractivity contribution in [3.8, 4) is 0 Å². The zero-order chi connectivity index (χ0) is 18.4. The van der Waals surface area contributed by atoms with Gasteiger partial charge in [-0.05, 0) is 30.2 Å². The zero-order valence-corrected chi connectivity index (χ0v) is 14.7. The van der Waals surface area contributed by atoms with E-state index in [1.54, 1.807) is 44.2 Å². The second-order valence-electron chi connectivity index (χ2n) is 5.72. The van der Waals surface area contributed by atoms with Gasteiger partial charge < -0.3 is 5.32 Å². The quantitative estimate of drug-likeness (QED) is 0.808. The summed E-state index contributed by atoms with van der Waals surface area (Å²) in [4.78, 5) is 28.3. The summed E-state index contributed by atoms with van der Waals surface area (Å²) in [5.74, 6) is -1.56. The smallest absolute Gasteiger partial charge is 0.265 e. The van der Waals surface area contributed by atoms with Crippen molar-refractivity contribution in [2.75, 3.05) is 0 Å². The van der Waals surface area contributed by atoms with Gasteiger partial charge in [0.2, 0.25) is 0 Å². The lowest BCUT2D eigenvalue weighted by Gasteiger charge is -2.21. The molecule has 0 bridgehead atoms. The van der Waals surface area contributed by atoms with Crippen LogP contribution in [-0.2, 0) is 14.8 Å². The Balaban J connectivity index is 2.15. The highest BCUT2D eigenvalue weighted by Gasteiger charge is 2.28. The number of rotatable bonds is 6. The summed E-state index contributed by atoms with van der Waals surface area (Å²) in [5, 5.41) is 2.58. The first-order chi connectivity index (χ1) is 11.8. The first-order valence-corrected chi connectivity index (χ1v) is 9.12. The molecule has 0 unspecified atom stereocenters. The van der Waals surface area contributed by atoms with Crippen LogP contribution in [0.4, 0.5) is 0 Å². The van der Waals surface area contributed by atoms with Crippen LogP contribution in [-0.4, -0.2) is 31.3 Å².